The number of carbonyl (C=O) groups excluding carboxylic acids is 1. The van der Waals surface area contributed by atoms with Gasteiger partial charge in [0, 0.05) is 6.42 Å². The summed E-state index contributed by atoms with van der Waals surface area (Å²) in [4.78, 5) is 11.0. The number of Topliss-reactive ketones (excluding diaryl/α,β-unsaturated/α-hetero) is 1. The maximum absolute atomic E-state index is 11.0. The van der Waals surface area contributed by atoms with Gasteiger partial charge in [-0.3, -0.25) is 4.79 Å². The van der Waals surface area contributed by atoms with E-state index in [-0.39, 0.29) is 18.0 Å². The molecule has 0 aromatic heterocycles. The van der Waals surface area contributed by atoms with Crippen molar-refractivity contribution in [3.8, 4) is 0 Å². The molecule has 2 unspecified atom stereocenters. The third kappa shape index (κ3) is 1.45. The molecule has 0 saturated carbocycles. The van der Waals surface area contributed by atoms with E-state index in [4.69, 9.17) is 4.74 Å². The van der Waals surface area contributed by atoms with E-state index in [9.17, 15) is 4.79 Å². The van der Waals surface area contributed by atoms with Gasteiger partial charge in [0.1, 0.15) is 6.10 Å². The molecule has 0 N–H and O–H groups in total. The Morgan fingerprint density at radius 2 is 2.60 bits per heavy atom. The Kier molecular flexibility index (Phi) is 2.22. The summed E-state index contributed by atoms with van der Waals surface area (Å²) in [5.41, 5.74) is 0. The molecule has 0 aromatic rings. The van der Waals surface area contributed by atoms with Crippen LogP contribution in [-0.4, -0.2) is 18.0 Å². The van der Waals surface area contributed by atoms with E-state index in [2.05, 4.69) is 6.58 Å². The van der Waals surface area contributed by atoms with Gasteiger partial charge in [-0.05, 0) is 13.3 Å². The summed E-state index contributed by atoms with van der Waals surface area (Å²) < 4.78 is 5.29. The van der Waals surface area contributed by atoms with Crippen LogP contribution >= 0.6 is 0 Å². The minimum atomic E-state index is -0.201. The molecule has 0 aromatic carbocycles. The first-order chi connectivity index (χ1) is 4.74. The second-order valence-corrected chi connectivity index (χ2v) is 2.63. The van der Waals surface area contributed by atoms with Gasteiger partial charge in [0.2, 0.25) is 0 Å². The fourth-order valence-electron chi connectivity index (χ4n) is 1.16. The molecule has 1 fully saturated rings. The van der Waals surface area contributed by atoms with Crippen molar-refractivity contribution in [1.82, 2.24) is 0 Å². The van der Waals surface area contributed by atoms with Crippen LogP contribution in [-0.2, 0) is 9.53 Å². The standard InChI is InChI=1S/C8H12O2/c1-3-4-8-7(9)5-6(2)10-8/h3,6,8H,1,4-5H2,2H3. The molecule has 1 rings (SSSR count). The van der Waals surface area contributed by atoms with E-state index in [0.29, 0.717) is 12.8 Å². The average Bonchev–Trinajstić information content (AvgIpc) is 2.13. The van der Waals surface area contributed by atoms with Crippen LogP contribution in [0, 0.1) is 0 Å². The Morgan fingerprint density at radius 3 is 3.00 bits per heavy atom. The van der Waals surface area contributed by atoms with Crippen molar-refractivity contribution in [3.05, 3.63) is 12.7 Å². The molecule has 0 aliphatic carbocycles. The van der Waals surface area contributed by atoms with Gasteiger partial charge in [-0.2, -0.15) is 0 Å². The zero-order chi connectivity index (χ0) is 7.56. The number of hydrogen-bond acceptors (Lipinski definition) is 2. The number of carbonyl (C=O) groups is 1. The average molecular weight is 140 g/mol. The van der Waals surface area contributed by atoms with Crippen LogP contribution in [0.1, 0.15) is 19.8 Å². The maximum atomic E-state index is 11.0. The van der Waals surface area contributed by atoms with Crippen molar-refractivity contribution in [2.24, 2.45) is 0 Å². The Hall–Kier alpha value is -0.630. The fourth-order valence-corrected chi connectivity index (χ4v) is 1.16. The van der Waals surface area contributed by atoms with Crippen LogP contribution in [0.3, 0.4) is 0 Å². The van der Waals surface area contributed by atoms with Crippen molar-refractivity contribution in [2.75, 3.05) is 0 Å². The topological polar surface area (TPSA) is 26.3 Å². The molecule has 1 aliphatic rings. The van der Waals surface area contributed by atoms with Crippen molar-refractivity contribution in [1.29, 1.82) is 0 Å². The zero-order valence-electron chi connectivity index (χ0n) is 6.17. The predicted molar refractivity (Wildman–Crippen MR) is 38.8 cm³/mol. The molecular formula is C8H12O2. The lowest BCUT2D eigenvalue weighted by Gasteiger charge is -2.04. The third-order valence-corrected chi connectivity index (χ3v) is 1.63. The minimum Gasteiger partial charge on any atom is -0.367 e. The van der Waals surface area contributed by atoms with E-state index in [1.807, 2.05) is 6.92 Å². The van der Waals surface area contributed by atoms with Gasteiger partial charge in [-0.1, -0.05) is 6.08 Å². The molecule has 0 amide bonds. The minimum absolute atomic E-state index is 0.109. The SMILES string of the molecule is C=CCC1OC(C)CC1=O. The summed E-state index contributed by atoms with van der Waals surface area (Å²) >= 11 is 0. The molecule has 1 saturated heterocycles. The summed E-state index contributed by atoms with van der Waals surface area (Å²) in [6.45, 7) is 5.47. The van der Waals surface area contributed by atoms with E-state index in [1.165, 1.54) is 0 Å². The lowest BCUT2D eigenvalue weighted by Crippen LogP contribution is -2.13. The number of rotatable bonds is 2. The highest BCUT2D eigenvalue weighted by atomic mass is 16.5. The molecule has 0 radical (unpaired) electrons. The Labute approximate surface area is 60.9 Å². The first-order valence-corrected chi connectivity index (χ1v) is 3.53. The summed E-state index contributed by atoms with van der Waals surface area (Å²) in [5, 5.41) is 0. The van der Waals surface area contributed by atoms with E-state index >= 15 is 0 Å². The maximum Gasteiger partial charge on any atom is 0.164 e. The largest absolute Gasteiger partial charge is 0.367 e. The molecule has 1 aliphatic heterocycles. The first-order valence-electron chi connectivity index (χ1n) is 3.53. The Morgan fingerprint density at radius 1 is 1.90 bits per heavy atom. The molecule has 10 heavy (non-hydrogen) atoms. The molecule has 0 bridgehead atoms. The van der Waals surface area contributed by atoms with Crippen LogP contribution in [0.2, 0.25) is 0 Å². The fraction of sp³-hybridized carbons (Fsp3) is 0.625. The molecule has 1 heterocycles. The second kappa shape index (κ2) is 2.97. The van der Waals surface area contributed by atoms with Crippen molar-refractivity contribution >= 4 is 5.78 Å². The molecule has 0 spiro atoms. The van der Waals surface area contributed by atoms with Crippen molar-refractivity contribution < 1.29 is 9.53 Å². The molecular weight excluding hydrogens is 128 g/mol. The van der Waals surface area contributed by atoms with E-state index in [1.54, 1.807) is 6.08 Å². The summed E-state index contributed by atoms with van der Waals surface area (Å²) in [6.07, 6.45) is 2.85. The monoisotopic (exact) mass is 140 g/mol. The molecule has 2 nitrogen and oxygen atoms in total. The highest BCUT2D eigenvalue weighted by Crippen LogP contribution is 2.17. The first kappa shape index (κ1) is 7.48. The van der Waals surface area contributed by atoms with Crippen LogP contribution in [0.4, 0.5) is 0 Å². The molecule has 2 atom stereocenters. The number of ether oxygens (including phenoxy) is 1. The highest BCUT2D eigenvalue weighted by molar-refractivity contribution is 5.85. The van der Waals surface area contributed by atoms with Gasteiger partial charge in [-0.15, -0.1) is 6.58 Å². The van der Waals surface area contributed by atoms with Gasteiger partial charge < -0.3 is 4.74 Å². The highest BCUT2D eigenvalue weighted by Gasteiger charge is 2.28. The van der Waals surface area contributed by atoms with Gasteiger partial charge in [-0.25, -0.2) is 0 Å². The Balaban J connectivity index is 2.46. The van der Waals surface area contributed by atoms with Gasteiger partial charge in [0.15, 0.2) is 5.78 Å². The molecule has 56 valence electrons. The number of hydrogen-bond donors (Lipinski definition) is 0. The smallest absolute Gasteiger partial charge is 0.164 e. The lowest BCUT2D eigenvalue weighted by molar-refractivity contribution is -0.122. The van der Waals surface area contributed by atoms with Crippen LogP contribution in [0.15, 0.2) is 12.7 Å². The van der Waals surface area contributed by atoms with E-state index < -0.39 is 0 Å². The van der Waals surface area contributed by atoms with Crippen LogP contribution < -0.4 is 0 Å². The lowest BCUT2D eigenvalue weighted by atomic mass is 10.1. The zero-order valence-corrected chi connectivity index (χ0v) is 6.17. The summed E-state index contributed by atoms with van der Waals surface area (Å²) in [7, 11) is 0. The van der Waals surface area contributed by atoms with Crippen LogP contribution in [0.25, 0.3) is 0 Å². The van der Waals surface area contributed by atoms with E-state index in [0.717, 1.165) is 0 Å². The normalized spacial score (nSPS) is 32.7. The quantitative estimate of drug-likeness (QED) is 0.540. The van der Waals surface area contributed by atoms with Gasteiger partial charge >= 0.3 is 0 Å². The van der Waals surface area contributed by atoms with Crippen molar-refractivity contribution in [3.63, 3.8) is 0 Å². The van der Waals surface area contributed by atoms with Gasteiger partial charge in [0.05, 0.1) is 6.10 Å². The second-order valence-electron chi connectivity index (χ2n) is 2.63. The Bertz CT molecular complexity index is 151. The third-order valence-electron chi connectivity index (χ3n) is 1.63. The van der Waals surface area contributed by atoms with Crippen LogP contribution in [0.5, 0.6) is 0 Å². The number of ketones is 1. The van der Waals surface area contributed by atoms with Crippen molar-refractivity contribution in [2.45, 2.75) is 32.0 Å². The predicted octanol–water partition coefficient (Wildman–Crippen LogP) is 1.31. The summed E-state index contributed by atoms with van der Waals surface area (Å²) in [6, 6.07) is 0. The molecule has 2 heteroatoms. The summed E-state index contributed by atoms with van der Waals surface area (Å²) in [5.74, 6) is 0.215. The van der Waals surface area contributed by atoms with Gasteiger partial charge in [0.25, 0.3) is 0 Å².